The van der Waals surface area contributed by atoms with E-state index in [2.05, 4.69) is 0 Å². The Morgan fingerprint density at radius 1 is 0.906 bits per heavy atom. The number of aliphatic hydroxyl groups is 1. The first-order chi connectivity index (χ1) is 15.5. The molecule has 2 aromatic rings. The van der Waals surface area contributed by atoms with E-state index in [0.717, 1.165) is 18.4 Å². The van der Waals surface area contributed by atoms with Crippen LogP contribution in [0.25, 0.3) is 0 Å². The Morgan fingerprint density at radius 2 is 1.44 bits per heavy atom. The second-order valence-electron chi connectivity index (χ2n) is 7.87. The summed E-state index contributed by atoms with van der Waals surface area (Å²) in [5.41, 5.74) is 2.81. The van der Waals surface area contributed by atoms with Crippen LogP contribution in [0.3, 0.4) is 0 Å². The Kier molecular flexibility index (Phi) is 9.01. The first-order valence-corrected chi connectivity index (χ1v) is 11.0. The summed E-state index contributed by atoms with van der Waals surface area (Å²) in [6.07, 6.45) is 1.07. The van der Waals surface area contributed by atoms with Gasteiger partial charge >= 0.3 is 11.9 Å². The third-order valence-corrected chi connectivity index (χ3v) is 5.38. The van der Waals surface area contributed by atoms with Gasteiger partial charge in [0.2, 0.25) is 0 Å². The molecule has 6 nitrogen and oxygen atoms in total. The monoisotopic (exact) mass is 438 g/mol. The van der Waals surface area contributed by atoms with Crippen LogP contribution in [0.5, 0.6) is 0 Å². The minimum Gasteiger partial charge on any atom is -0.452 e. The molecule has 0 spiro atoms. The lowest BCUT2D eigenvalue weighted by molar-refractivity contribution is -0.190. The molecule has 0 aliphatic carbocycles. The summed E-state index contributed by atoms with van der Waals surface area (Å²) in [6, 6.07) is 19.8. The molecule has 2 aromatic carbocycles. The average molecular weight is 439 g/mol. The van der Waals surface area contributed by atoms with Crippen LogP contribution in [0.4, 0.5) is 0 Å². The zero-order chi connectivity index (χ0) is 22.8. The van der Waals surface area contributed by atoms with Crippen molar-refractivity contribution < 1.29 is 28.9 Å². The zero-order valence-corrected chi connectivity index (χ0v) is 18.4. The summed E-state index contributed by atoms with van der Waals surface area (Å²) in [5.74, 6) is -0.506. The fourth-order valence-corrected chi connectivity index (χ4v) is 3.54. The van der Waals surface area contributed by atoms with Gasteiger partial charge in [-0.3, -0.25) is 9.59 Å². The molecule has 1 aliphatic heterocycles. The van der Waals surface area contributed by atoms with E-state index in [1.165, 1.54) is 5.56 Å². The van der Waals surface area contributed by atoms with Gasteiger partial charge in [-0.25, -0.2) is 0 Å². The van der Waals surface area contributed by atoms with E-state index in [9.17, 15) is 14.7 Å². The number of rotatable bonds is 10. The van der Waals surface area contributed by atoms with Crippen LogP contribution < -0.4 is 0 Å². The number of aryl methyl sites for hydroxylation is 2. The number of carbonyl (C=O) groups is 2. The molecule has 1 aliphatic rings. The van der Waals surface area contributed by atoms with Gasteiger partial charge in [0.25, 0.3) is 0 Å². The topological polar surface area (TPSA) is 82.1 Å². The summed E-state index contributed by atoms with van der Waals surface area (Å²) in [7, 11) is 0. The molecule has 1 heterocycles. The molecule has 0 radical (unpaired) electrons. The predicted octanol–water partition coefficient (Wildman–Crippen LogP) is 4.11. The normalized spacial score (nSPS) is 18.3. The maximum absolute atomic E-state index is 12.3. The highest BCUT2D eigenvalue weighted by Gasteiger charge is 2.33. The average Bonchev–Trinajstić information content (AvgIpc) is 2.80. The Labute approximate surface area is 188 Å². The molecule has 6 heteroatoms. The molecule has 32 heavy (non-hydrogen) atoms. The fraction of sp³-hybridized carbons (Fsp3) is 0.385. The lowest BCUT2D eigenvalue weighted by Gasteiger charge is -2.30. The van der Waals surface area contributed by atoms with Gasteiger partial charge in [-0.15, -0.1) is 0 Å². The van der Waals surface area contributed by atoms with Crippen LogP contribution in [0, 0.1) is 0 Å². The van der Waals surface area contributed by atoms with Crippen LogP contribution >= 0.6 is 0 Å². The Morgan fingerprint density at radius 3 is 2.00 bits per heavy atom. The van der Waals surface area contributed by atoms with Crippen molar-refractivity contribution in [3.05, 3.63) is 83.1 Å². The van der Waals surface area contributed by atoms with E-state index >= 15 is 0 Å². The van der Waals surface area contributed by atoms with Crippen LogP contribution in [0.15, 0.2) is 72.0 Å². The second kappa shape index (κ2) is 12.2. The molecular formula is C26H30O6. The largest absolute Gasteiger partial charge is 0.452 e. The van der Waals surface area contributed by atoms with Crippen LogP contribution in [-0.4, -0.2) is 36.0 Å². The Bertz CT molecular complexity index is 906. The van der Waals surface area contributed by atoms with Crippen molar-refractivity contribution in [1.29, 1.82) is 0 Å². The molecule has 1 unspecified atom stereocenters. The van der Waals surface area contributed by atoms with Crippen molar-refractivity contribution in [1.82, 2.24) is 0 Å². The van der Waals surface area contributed by atoms with Crippen molar-refractivity contribution in [3.63, 3.8) is 0 Å². The van der Waals surface area contributed by atoms with E-state index in [-0.39, 0.29) is 25.4 Å². The molecule has 170 valence electrons. The minimum atomic E-state index is -1.28. The molecule has 1 N–H and O–H groups in total. The quantitative estimate of drug-likeness (QED) is 0.562. The summed E-state index contributed by atoms with van der Waals surface area (Å²) in [5, 5.41) is 10.1. The second-order valence-corrected chi connectivity index (χ2v) is 7.87. The molecule has 0 aromatic heterocycles. The van der Waals surface area contributed by atoms with E-state index in [4.69, 9.17) is 14.2 Å². The predicted molar refractivity (Wildman–Crippen MR) is 119 cm³/mol. The number of ether oxygens (including phenoxy) is 3. The molecule has 0 bridgehead atoms. The minimum absolute atomic E-state index is 0.0422. The Balaban J connectivity index is 1.46. The van der Waals surface area contributed by atoms with Gasteiger partial charge in [-0.2, -0.15) is 0 Å². The van der Waals surface area contributed by atoms with Crippen LogP contribution in [0.1, 0.15) is 43.7 Å². The molecule has 0 amide bonds. The van der Waals surface area contributed by atoms with E-state index in [1.54, 1.807) is 6.92 Å². The molecule has 0 fully saturated rings. The lowest BCUT2D eigenvalue weighted by Crippen LogP contribution is -2.39. The third kappa shape index (κ3) is 7.32. The standard InChI is InChI=1S/C26H30O6/c1-19-22(31-23(27)16-8-14-20-10-4-2-5-11-20)18-30-26(29)25(19)32-24(28)17-9-15-21-12-6-3-7-13-21/h2-7,10-13,25-26,29H,8-9,14-18H2,1H3/t25-,26?/m1/s1. The van der Waals surface area contributed by atoms with Crippen LogP contribution in [-0.2, 0) is 36.6 Å². The van der Waals surface area contributed by atoms with Crippen LogP contribution in [0.2, 0.25) is 0 Å². The number of hydrogen-bond donors (Lipinski definition) is 1. The van der Waals surface area contributed by atoms with E-state index < -0.39 is 18.4 Å². The lowest BCUT2D eigenvalue weighted by atomic mass is 10.1. The van der Waals surface area contributed by atoms with Gasteiger partial charge in [0.1, 0.15) is 12.4 Å². The Hall–Kier alpha value is -2.96. The highest BCUT2D eigenvalue weighted by atomic mass is 16.7. The molecule has 0 saturated carbocycles. The number of carbonyl (C=O) groups excluding carboxylic acids is 2. The first-order valence-electron chi connectivity index (χ1n) is 11.0. The molecular weight excluding hydrogens is 408 g/mol. The van der Waals surface area contributed by atoms with Gasteiger partial charge in [0.15, 0.2) is 12.4 Å². The van der Waals surface area contributed by atoms with E-state index in [1.807, 2.05) is 60.7 Å². The van der Waals surface area contributed by atoms with Crippen molar-refractivity contribution >= 4 is 11.9 Å². The number of aliphatic hydroxyl groups excluding tert-OH is 1. The van der Waals surface area contributed by atoms with Gasteiger partial charge < -0.3 is 19.3 Å². The van der Waals surface area contributed by atoms with E-state index in [0.29, 0.717) is 24.2 Å². The number of esters is 2. The maximum Gasteiger partial charge on any atom is 0.310 e. The summed E-state index contributed by atoms with van der Waals surface area (Å²) in [6.45, 7) is 1.64. The number of hydrogen-bond acceptors (Lipinski definition) is 6. The maximum atomic E-state index is 12.3. The fourth-order valence-electron chi connectivity index (χ4n) is 3.54. The van der Waals surface area contributed by atoms with Crippen molar-refractivity contribution in [3.8, 4) is 0 Å². The molecule has 3 rings (SSSR count). The van der Waals surface area contributed by atoms with Gasteiger partial charge in [0, 0.05) is 18.4 Å². The first kappa shape index (κ1) is 23.7. The zero-order valence-electron chi connectivity index (χ0n) is 18.4. The molecule has 2 atom stereocenters. The molecule has 0 saturated heterocycles. The smallest absolute Gasteiger partial charge is 0.310 e. The summed E-state index contributed by atoms with van der Waals surface area (Å²) in [4.78, 5) is 24.5. The summed E-state index contributed by atoms with van der Waals surface area (Å²) >= 11 is 0. The van der Waals surface area contributed by atoms with Crippen molar-refractivity contribution in [2.45, 2.75) is 57.8 Å². The SMILES string of the molecule is CC1=C(OC(=O)CCCc2ccccc2)COC(O)[C@@H]1OC(=O)CCCc1ccccc1. The van der Waals surface area contributed by atoms with Gasteiger partial charge in [0.05, 0.1) is 0 Å². The van der Waals surface area contributed by atoms with Gasteiger partial charge in [-0.1, -0.05) is 60.7 Å². The number of benzene rings is 2. The van der Waals surface area contributed by atoms with Gasteiger partial charge in [-0.05, 0) is 43.7 Å². The van der Waals surface area contributed by atoms with Crippen molar-refractivity contribution in [2.75, 3.05) is 6.61 Å². The third-order valence-electron chi connectivity index (χ3n) is 5.38. The highest BCUT2D eigenvalue weighted by molar-refractivity contribution is 5.71. The summed E-state index contributed by atoms with van der Waals surface area (Å²) < 4.78 is 16.2. The highest BCUT2D eigenvalue weighted by Crippen LogP contribution is 2.24. The van der Waals surface area contributed by atoms with Crippen molar-refractivity contribution in [2.24, 2.45) is 0 Å².